The topological polar surface area (TPSA) is 72.6 Å². The van der Waals surface area contributed by atoms with Crippen molar-refractivity contribution < 1.29 is 14.3 Å². The van der Waals surface area contributed by atoms with Gasteiger partial charge in [-0.05, 0) is 12.8 Å². The van der Waals surface area contributed by atoms with Crippen molar-refractivity contribution in [2.75, 3.05) is 20.2 Å². The van der Waals surface area contributed by atoms with Crippen LogP contribution in [0.3, 0.4) is 0 Å². The molecule has 0 spiro atoms. The third kappa shape index (κ3) is 2.42. The summed E-state index contributed by atoms with van der Waals surface area (Å²) < 4.78 is 5.11. The van der Waals surface area contributed by atoms with E-state index in [4.69, 9.17) is 10.5 Å². The van der Waals surface area contributed by atoms with Gasteiger partial charge in [0.2, 0.25) is 0 Å². The van der Waals surface area contributed by atoms with Crippen LogP contribution < -0.4 is 5.73 Å². The van der Waals surface area contributed by atoms with E-state index in [1.807, 2.05) is 0 Å². The highest BCUT2D eigenvalue weighted by molar-refractivity contribution is 6.34. The molecule has 5 nitrogen and oxygen atoms in total. The molecule has 5 heteroatoms. The lowest BCUT2D eigenvalue weighted by Gasteiger charge is -2.30. The number of nitrogens with zero attached hydrogens (tertiary/aromatic N) is 1. The fourth-order valence-corrected chi connectivity index (χ4v) is 1.47. The first-order valence-corrected chi connectivity index (χ1v) is 4.26. The molecule has 0 aromatic rings. The first kappa shape index (κ1) is 9.98. The number of nitrogens with two attached hydrogens (primary N) is 1. The number of ether oxygens (including phenoxy) is 1. The highest BCUT2D eigenvalue weighted by atomic mass is 16.5. The van der Waals surface area contributed by atoms with Crippen molar-refractivity contribution in [3.63, 3.8) is 0 Å². The Morgan fingerprint density at radius 2 is 2.23 bits per heavy atom. The normalized spacial score (nSPS) is 22.8. The van der Waals surface area contributed by atoms with Crippen LogP contribution in [0.2, 0.25) is 0 Å². The highest BCUT2D eigenvalue weighted by Crippen LogP contribution is 2.12. The summed E-state index contributed by atoms with van der Waals surface area (Å²) in [6, 6.07) is 0. The summed E-state index contributed by atoms with van der Waals surface area (Å²) in [5, 5.41) is 0. The highest BCUT2D eigenvalue weighted by Gasteiger charge is 2.25. The summed E-state index contributed by atoms with van der Waals surface area (Å²) in [7, 11) is 1.60. The minimum absolute atomic E-state index is 0.0389. The molecule has 0 radical (unpaired) electrons. The zero-order chi connectivity index (χ0) is 9.84. The molecule has 0 saturated carbocycles. The minimum atomic E-state index is -0.892. The van der Waals surface area contributed by atoms with E-state index < -0.39 is 11.8 Å². The minimum Gasteiger partial charge on any atom is -0.380 e. The Kier molecular flexibility index (Phi) is 3.25. The molecule has 0 aliphatic carbocycles. The van der Waals surface area contributed by atoms with Crippen LogP contribution in [0.15, 0.2) is 0 Å². The molecular weight excluding hydrogens is 172 g/mol. The van der Waals surface area contributed by atoms with Crippen LogP contribution in [-0.2, 0) is 14.3 Å². The fraction of sp³-hybridized carbons (Fsp3) is 0.750. The van der Waals surface area contributed by atoms with Crippen LogP contribution in [0, 0.1) is 0 Å². The first-order chi connectivity index (χ1) is 6.15. The van der Waals surface area contributed by atoms with Gasteiger partial charge in [-0.15, -0.1) is 0 Å². The Bertz CT molecular complexity index is 217. The molecule has 0 aromatic heterocycles. The van der Waals surface area contributed by atoms with Crippen LogP contribution in [0.1, 0.15) is 12.8 Å². The summed E-state index contributed by atoms with van der Waals surface area (Å²) in [5.74, 6) is -1.50. The molecule has 2 amide bonds. The van der Waals surface area contributed by atoms with E-state index >= 15 is 0 Å². The molecule has 0 unspecified atom stereocenters. The maximum atomic E-state index is 11.2. The second kappa shape index (κ2) is 4.23. The zero-order valence-corrected chi connectivity index (χ0v) is 7.66. The van der Waals surface area contributed by atoms with Gasteiger partial charge in [0.1, 0.15) is 0 Å². The Hall–Kier alpha value is -1.10. The summed E-state index contributed by atoms with van der Waals surface area (Å²) in [5.41, 5.74) is 4.88. The molecular formula is C8H14N2O3. The summed E-state index contributed by atoms with van der Waals surface area (Å²) in [6.07, 6.45) is 1.83. The largest absolute Gasteiger partial charge is 0.380 e. The number of primary amides is 1. The van der Waals surface area contributed by atoms with Crippen molar-refractivity contribution in [2.45, 2.75) is 18.9 Å². The van der Waals surface area contributed by atoms with Crippen LogP contribution in [-0.4, -0.2) is 43.0 Å². The molecule has 0 bridgehead atoms. The summed E-state index contributed by atoms with van der Waals surface area (Å²) >= 11 is 0. The number of methoxy groups -OCH3 is 1. The van der Waals surface area contributed by atoms with Gasteiger partial charge in [-0.25, -0.2) is 0 Å². The second-order valence-corrected chi connectivity index (χ2v) is 3.12. The molecule has 1 aliphatic heterocycles. The number of carbonyl (C=O) groups is 2. The second-order valence-electron chi connectivity index (χ2n) is 3.12. The Morgan fingerprint density at radius 1 is 1.54 bits per heavy atom. The molecule has 2 N–H and O–H groups in total. The predicted octanol–water partition coefficient (Wildman–Crippen LogP) is -0.891. The molecule has 1 rings (SSSR count). The van der Waals surface area contributed by atoms with Gasteiger partial charge in [0.05, 0.1) is 6.10 Å². The quantitative estimate of drug-likeness (QED) is 0.540. The van der Waals surface area contributed by atoms with Gasteiger partial charge in [-0.3, -0.25) is 9.59 Å². The monoisotopic (exact) mass is 186 g/mol. The lowest BCUT2D eigenvalue weighted by atomic mass is 10.1. The number of piperidine rings is 1. The van der Waals surface area contributed by atoms with Crippen LogP contribution in [0.5, 0.6) is 0 Å². The SMILES string of the molecule is CO[C@H]1CCCN(C(=O)C(N)=O)C1. The molecule has 13 heavy (non-hydrogen) atoms. The number of likely N-dealkylation sites (tertiary alicyclic amines) is 1. The van der Waals surface area contributed by atoms with Crippen molar-refractivity contribution in [1.29, 1.82) is 0 Å². The zero-order valence-electron chi connectivity index (χ0n) is 7.66. The van der Waals surface area contributed by atoms with Crippen LogP contribution in [0.25, 0.3) is 0 Å². The third-order valence-corrected chi connectivity index (χ3v) is 2.21. The molecule has 1 heterocycles. The number of hydrogen-bond acceptors (Lipinski definition) is 3. The van der Waals surface area contributed by atoms with Gasteiger partial charge in [-0.1, -0.05) is 0 Å². The van der Waals surface area contributed by atoms with Gasteiger partial charge < -0.3 is 15.4 Å². The average Bonchev–Trinajstić information content (AvgIpc) is 2.16. The first-order valence-electron chi connectivity index (χ1n) is 4.26. The number of hydrogen-bond donors (Lipinski definition) is 1. The third-order valence-electron chi connectivity index (χ3n) is 2.21. The lowest BCUT2D eigenvalue weighted by Crippen LogP contribution is -2.47. The number of carbonyl (C=O) groups excluding carboxylic acids is 2. The number of rotatable bonds is 1. The van der Waals surface area contributed by atoms with Gasteiger partial charge in [0.25, 0.3) is 0 Å². The summed E-state index contributed by atoms with van der Waals surface area (Å²) in [4.78, 5) is 23.2. The molecule has 1 atom stereocenters. The van der Waals surface area contributed by atoms with Gasteiger partial charge in [0.15, 0.2) is 0 Å². The van der Waals surface area contributed by atoms with Crippen molar-refractivity contribution in [3.05, 3.63) is 0 Å². The Morgan fingerprint density at radius 3 is 2.77 bits per heavy atom. The van der Waals surface area contributed by atoms with E-state index in [1.54, 1.807) is 7.11 Å². The van der Waals surface area contributed by atoms with E-state index in [2.05, 4.69) is 0 Å². The van der Waals surface area contributed by atoms with E-state index in [0.717, 1.165) is 12.8 Å². The van der Waals surface area contributed by atoms with E-state index in [0.29, 0.717) is 13.1 Å². The van der Waals surface area contributed by atoms with Crippen LogP contribution in [0.4, 0.5) is 0 Å². The predicted molar refractivity (Wildman–Crippen MR) is 45.8 cm³/mol. The van der Waals surface area contributed by atoms with Crippen molar-refractivity contribution >= 4 is 11.8 Å². The van der Waals surface area contributed by atoms with Crippen molar-refractivity contribution in [1.82, 2.24) is 4.90 Å². The summed E-state index contributed by atoms with van der Waals surface area (Å²) in [6.45, 7) is 1.07. The smallest absolute Gasteiger partial charge is 0.311 e. The molecule has 1 fully saturated rings. The molecule has 0 aromatic carbocycles. The lowest BCUT2D eigenvalue weighted by molar-refractivity contribution is -0.146. The molecule has 74 valence electrons. The van der Waals surface area contributed by atoms with E-state index in [-0.39, 0.29) is 6.10 Å². The maximum Gasteiger partial charge on any atom is 0.311 e. The Labute approximate surface area is 76.8 Å². The molecule has 1 aliphatic rings. The Balaban J connectivity index is 2.51. The van der Waals surface area contributed by atoms with Gasteiger partial charge in [0, 0.05) is 20.2 Å². The van der Waals surface area contributed by atoms with Crippen molar-refractivity contribution in [2.24, 2.45) is 5.73 Å². The van der Waals surface area contributed by atoms with Crippen molar-refractivity contribution in [3.8, 4) is 0 Å². The van der Waals surface area contributed by atoms with Gasteiger partial charge in [-0.2, -0.15) is 0 Å². The van der Waals surface area contributed by atoms with E-state index in [9.17, 15) is 9.59 Å². The molecule has 1 saturated heterocycles. The fourth-order valence-electron chi connectivity index (χ4n) is 1.47. The van der Waals surface area contributed by atoms with Crippen LogP contribution >= 0.6 is 0 Å². The number of amides is 2. The van der Waals surface area contributed by atoms with E-state index in [1.165, 1.54) is 4.90 Å². The average molecular weight is 186 g/mol. The maximum absolute atomic E-state index is 11.2. The standard InChI is InChI=1S/C8H14N2O3/c1-13-6-3-2-4-10(5-6)8(12)7(9)11/h6H,2-5H2,1H3,(H2,9,11)/t6-/m0/s1. The van der Waals surface area contributed by atoms with Gasteiger partial charge >= 0.3 is 11.8 Å².